The normalized spacial score (nSPS) is 20.4. The minimum Gasteiger partial charge on any atom is -0.377 e. The van der Waals surface area contributed by atoms with E-state index in [1.807, 2.05) is 0 Å². The fourth-order valence-corrected chi connectivity index (χ4v) is 2.14. The summed E-state index contributed by atoms with van der Waals surface area (Å²) in [5, 5.41) is 0. The van der Waals surface area contributed by atoms with Gasteiger partial charge >= 0.3 is 0 Å². The molecule has 0 radical (unpaired) electrons. The molecular formula is C11H19N5O. The van der Waals surface area contributed by atoms with E-state index in [-0.39, 0.29) is 0 Å². The summed E-state index contributed by atoms with van der Waals surface area (Å²) in [4.78, 5) is 10.8. The van der Waals surface area contributed by atoms with E-state index in [4.69, 9.17) is 10.6 Å². The first kappa shape index (κ1) is 12.1. The lowest BCUT2D eigenvalue weighted by Crippen LogP contribution is -2.44. The van der Waals surface area contributed by atoms with Crippen LogP contribution in [0.15, 0.2) is 6.33 Å². The molecule has 6 nitrogen and oxygen atoms in total. The molecule has 6 heteroatoms. The number of hydrogen-bond acceptors (Lipinski definition) is 6. The van der Waals surface area contributed by atoms with Gasteiger partial charge in [0.05, 0.1) is 19.3 Å². The van der Waals surface area contributed by atoms with E-state index in [1.165, 1.54) is 0 Å². The van der Waals surface area contributed by atoms with Gasteiger partial charge in [-0.15, -0.1) is 0 Å². The van der Waals surface area contributed by atoms with Crippen molar-refractivity contribution < 1.29 is 4.74 Å². The number of nitrogen functional groups attached to an aromatic ring is 1. The first-order chi connectivity index (χ1) is 8.27. The van der Waals surface area contributed by atoms with Crippen LogP contribution in [0.1, 0.15) is 19.4 Å². The van der Waals surface area contributed by atoms with Gasteiger partial charge in [0, 0.05) is 12.1 Å². The highest BCUT2D eigenvalue weighted by molar-refractivity contribution is 5.58. The van der Waals surface area contributed by atoms with Crippen molar-refractivity contribution in [3.8, 4) is 0 Å². The smallest absolute Gasteiger partial charge is 0.148 e. The molecule has 2 heterocycles. The second-order valence-electron chi connectivity index (χ2n) is 4.14. The average molecular weight is 237 g/mol. The molecule has 1 aromatic heterocycles. The van der Waals surface area contributed by atoms with E-state index < -0.39 is 0 Å². The molecule has 1 saturated heterocycles. The van der Waals surface area contributed by atoms with Gasteiger partial charge in [0.25, 0.3) is 0 Å². The molecular weight excluding hydrogens is 218 g/mol. The van der Waals surface area contributed by atoms with Crippen LogP contribution in [0.2, 0.25) is 0 Å². The van der Waals surface area contributed by atoms with Gasteiger partial charge in [-0.3, -0.25) is 0 Å². The molecule has 0 amide bonds. The Hall–Kier alpha value is -1.40. The van der Waals surface area contributed by atoms with E-state index in [0.29, 0.717) is 11.9 Å². The number of nitrogens with one attached hydrogen (secondary N) is 1. The van der Waals surface area contributed by atoms with Crippen LogP contribution < -0.4 is 16.2 Å². The Labute approximate surface area is 101 Å². The van der Waals surface area contributed by atoms with Crippen LogP contribution in [0.5, 0.6) is 0 Å². The van der Waals surface area contributed by atoms with E-state index >= 15 is 0 Å². The molecule has 2 rings (SSSR count). The number of hydrogen-bond donors (Lipinski definition) is 2. The maximum atomic E-state index is 5.48. The van der Waals surface area contributed by atoms with Crippen molar-refractivity contribution in [2.75, 3.05) is 30.1 Å². The molecule has 3 N–H and O–H groups in total. The van der Waals surface area contributed by atoms with Crippen LogP contribution in [-0.4, -0.2) is 35.8 Å². The van der Waals surface area contributed by atoms with Crippen molar-refractivity contribution in [2.24, 2.45) is 5.84 Å². The maximum Gasteiger partial charge on any atom is 0.148 e. The lowest BCUT2D eigenvalue weighted by atomic mass is 10.1. The summed E-state index contributed by atoms with van der Waals surface area (Å²) in [6.45, 7) is 6.54. The number of morpholine rings is 1. The average Bonchev–Trinajstić information content (AvgIpc) is 2.38. The first-order valence-corrected chi connectivity index (χ1v) is 5.92. The molecule has 1 aromatic rings. The van der Waals surface area contributed by atoms with Crippen molar-refractivity contribution in [2.45, 2.75) is 26.3 Å². The Morgan fingerprint density at radius 1 is 1.59 bits per heavy atom. The highest BCUT2D eigenvalue weighted by Gasteiger charge is 2.23. The van der Waals surface area contributed by atoms with Crippen LogP contribution in [0.4, 0.5) is 11.6 Å². The van der Waals surface area contributed by atoms with Crippen molar-refractivity contribution in [1.29, 1.82) is 0 Å². The minimum atomic E-state index is 0.328. The SMILES string of the molecule is CCc1c(NN)ncnc1N1CCOCC1C. The molecule has 0 bridgehead atoms. The zero-order chi connectivity index (χ0) is 12.3. The lowest BCUT2D eigenvalue weighted by Gasteiger charge is -2.35. The summed E-state index contributed by atoms with van der Waals surface area (Å²) in [5.41, 5.74) is 3.69. The van der Waals surface area contributed by atoms with E-state index in [2.05, 4.69) is 34.1 Å². The molecule has 1 atom stereocenters. The molecule has 1 aliphatic heterocycles. The van der Waals surface area contributed by atoms with Gasteiger partial charge in [-0.25, -0.2) is 15.8 Å². The summed E-state index contributed by atoms with van der Waals surface area (Å²) < 4.78 is 5.44. The van der Waals surface area contributed by atoms with Gasteiger partial charge < -0.3 is 15.1 Å². The summed E-state index contributed by atoms with van der Waals surface area (Å²) in [6.07, 6.45) is 2.39. The molecule has 0 aromatic carbocycles. The predicted octanol–water partition coefficient (Wildman–Crippen LogP) is 0.550. The number of anilines is 2. The van der Waals surface area contributed by atoms with Gasteiger partial charge in [-0.1, -0.05) is 6.92 Å². The Morgan fingerprint density at radius 3 is 3.06 bits per heavy atom. The zero-order valence-corrected chi connectivity index (χ0v) is 10.3. The molecule has 1 unspecified atom stereocenters. The van der Waals surface area contributed by atoms with Gasteiger partial charge in [0.2, 0.25) is 0 Å². The summed E-state index contributed by atoms with van der Waals surface area (Å²) in [7, 11) is 0. The molecule has 1 fully saturated rings. The minimum absolute atomic E-state index is 0.328. The van der Waals surface area contributed by atoms with Crippen LogP contribution in [0.25, 0.3) is 0 Å². The standard InChI is InChI=1S/C11H19N5O/c1-3-9-10(15-12)13-7-14-11(9)16-4-5-17-6-8(16)2/h7-8H,3-6,12H2,1-2H3,(H,13,14,15). The number of nitrogens with zero attached hydrogens (tertiary/aromatic N) is 3. The largest absolute Gasteiger partial charge is 0.377 e. The molecule has 1 aliphatic rings. The van der Waals surface area contributed by atoms with E-state index in [9.17, 15) is 0 Å². The summed E-state index contributed by atoms with van der Waals surface area (Å²) in [5.74, 6) is 7.14. The van der Waals surface area contributed by atoms with Gasteiger partial charge in [0.15, 0.2) is 0 Å². The number of nitrogens with two attached hydrogens (primary N) is 1. The number of ether oxygens (including phenoxy) is 1. The fourth-order valence-electron chi connectivity index (χ4n) is 2.14. The summed E-state index contributed by atoms with van der Waals surface area (Å²) in [6, 6.07) is 0.328. The van der Waals surface area contributed by atoms with E-state index in [1.54, 1.807) is 6.33 Å². The quantitative estimate of drug-likeness (QED) is 0.590. The Balaban J connectivity index is 2.36. The Bertz CT molecular complexity index is 384. The number of hydrazine groups is 1. The van der Waals surface area contributed by atoms with E-state index in [0.717, 1.165) is 37.6 Å². The third-order valence-corrected chi connectivity index (χ3v) is 3.05. The van der Waals surface area contributed by atoms with Crippen LogP contribution in [-0.2, 0) is 11.2 Å². The zero-order valence-electron chi connectivity index (χ0n) is 10.3. The van der Waals surface area contributed by atoms with Crippen LogP contribution in [0.3, 0.4) is 0 Å². The second kappa shape index (κ2) is 5.29. The molecule has 0 spiro atoms. The predicted molar refractivity (Wildman–Crippen MR) is 66.8 cm³/mol. The molecule has 0 saturated carbocycles. The Morgan fingerprint density at radius 2 is 2.41 bits per heavy atom. The highest BCUT2D eigenvalue weighted by Crippen LogP contribution is 2.26. The van der Waals surface area contributed by atoms with Crippen molar-refractivity contribution >= 4 is 11.6 Å². The summed E-state index contributed by atoms with van der Waals surface area (Å²) >= 11 is 0. The van der Waals surface area contributed by atoms with Crippen LogP contribution in [0, 0.1) is 0 Å². The third-order valence-electron chi connectivity index (χ3n) is 3.05. The fraction of sp³-hybridized carbons (Fsp3) is 0.636. The van der Waals surface area contributed by atoms with Crippen LogP contribution >= 0.6 is 0 Å². The lowest BCUT2D eigenvalue weighted by molar-refractivity contribution is 0.0984. The van der Waals surface area contributed by atoms with Crippen molar-refractivity contribution in [1.82, 2.24) is 9.97 Å². The first-order valence-electron chi connectivity index (χ1n) is 5.92. The van der Waals surface area contributed by atoms with Gasteiger partial charge in [-0.2, -0.15) is 0 Å². The molecule has 0 aliphatic carbocycles. The topological polar surface area (TPSA) is 76.3 Å². The molecule has 94 valence electrons. The monoisotopic (exact) mass is 237 g/mol. The van der Waals surface area contributed by atoms with Gasteiger partial charge in [-0.05, 0) is 13.3 Å². The maximum absolute atomic E-state index is 5.48. The van der Waals surface area contributed by atoms with Crippen molar-refractivity contribution in [3.05, 3.63) is 11.9 Å². The molecule has 17 heavy (non-hydrogen) atoms. The van der Waals surface area contributed by atoms with Crippen molar-refractivity contribution in [3.63, 3.8) is 0 Å². The van der Waals surface area contributed by atoms with Gasteiger partial charge in [0.1, 0.15) is 18.0 Å². The second-order valence-corrected chi connectivity index (χ2v) is 4.14. The Kier molecular flexibility index (Phi) is 3.75. The number of aromatic nitrogens is 2. The number of rotatable bonds is 3. The highest BCUT2D eigenvalue weighted by atomic mass is 16.5. The third kappa shape index (κ3) is 2.32.